The SMILES string of the molecule is Cc1ccc(NC(=O)N2CCN(C(=O)c3ccc([N+](=O)[O-])c(C)c3)CC2)cc1Cl. The van der Waals surface area contributed by atoms with Crippen LogP contribution in [0, 0.1) is 24.0 Å². The van der Waals surface area contributed by atoms with Gasteiger partial charge in [0.05, 0.1) is 4.92 Å². The van der Waals surface area contributed by atoms with Crippen molar-refractivity contribution in [2.75, 3.05) is 31.5 Å². The Balaban J connectivity index is 1.59. The third kappa shape index (κ3) is 4.65. The Bertz CT molecular complexity index is 971. The van der Waals surface area contributed by atoms with Gasteiger partial charge in [-0.15, -0.1) is 0 Å². The number of piperazine rings is 1. The van der Waals surface area contributed by atoms with Gasteiger partial charge in [0.2, 0.25) is 0 Å². The Labute approximate surface area is 173 Å². The van der Waals surface area contributed by atoms with Crippen LogP contribution < -0.4 is 5.32 Å². The van der Waals surface area contributed by atoms with E-state index in [1.165, 1.54) is 18.2 Å². The van der Waals surface area contributed by atoms with Crippen molar-refractivity contribution in [1.29, 1.82) is 0 Å². The fraction of sp³-hybridized carbons (Fsp3) is 0.300. The molecular weight excluding hydrogens is 396 g/mol. The molecule has 3 rings (SSSR count). The summed E-state index contributed by atoms with van der Waals surface area (Å²) in [5.41, 5.74) is 2.37. The van der Waals surface area contributed by atoms with Gasteiger partial charge < -0.3 is 15.1 Å². The Morgan fingerprint density at radius 3 is 2.24 bits per heavy atom. The Morgan fingerprint density at radius 1 is 1.00 bits per heavy atom. The first-order valence-corrected chi connectivity index (χ1v) is 9.50. The molecule has 2 aromatic rings. The number of anilines is 1. The number of rotatable bonds is 3. The van der Waals surface area contributed by atoms with Crippen LogP contribution in [0.4, 0.5) is 16.2 Å². The molecule has 2 aromatic carbocycles. The van der Waals surface area contributed by atoms with Crippen LogP contribution in [-0.2, 0) is 0 Å². The summed E-state index contributed by atoms with van der Waals surface area (Å²) >= 11 is 6.09. The van der Waals surface area contributed by atoms with E-state index in [-0.39, 0.29) is 17.6 Å². The van der Waals surface area contributed by atoms with Crippen LogP contribution in [0.15, 0.2) is 36.4 Å². The van der Waals surface area contributed by atoms with E-state index in [0.29, 0.717) is 48.0 Å². The normalized spacial score (nSPS) is 13.9. The largest absolute Gasteiger partial charge is 0.335 e. The molecule has 0 saturated carbocycles. The summed E-state index contributed by atoms with van der Waals surface area (Å²) in [5, 5.41) is 14.3. The van der Waals surface area contributed by atoms with Crippen molar-refractivity contribution in [2.45, 2.75) is 13.8 Å². The molecule has 0 bridgehead atoms. The number of benzene rings is 2. The van der Waals surface area contributed by atoms with Gasteiger partial charge in [-0.3, -0.25) is 14.9 Å². The zero-order valence-electron chi connectivity index (χ0n) is 16.1. The molecule has 0 unspecified atom stereocenters. The summed E-state index contributed by atoms with van der Waals surface area (Å²) < 4.78 is 0. The Kier molecular flexibility index (Phi) is 6.03. The number of hydrogen-bond donors (Lipinski definition) is 1. The first kappa shape index (κ1) is 20.6. The average Bonchev–Trinajstić information content (AvgIpc) is 2.70. The Morgan fingerprint density at radius 2 is 1.66 bits per heavy atom. The number of carbonyl (C=O) groups excluding carboxylic acids is 2. The number of halogens is 1. The molecule has 1 saturated heterocycles. The van der Waals surface area contributed by atoms with Crippen LogP contribution in [0.5, 0.6) is 0 Å². The van der Waals surface area contributed by atoms with Crippen LogP contribution in [0.25, 0.3) is 0 Å². The fourth-order valence-electron chi connectivity index (χ4n) is 3.16. The maximum absolute atomic E-state index is 12.7. The van der Waals surface area contributed by atoms with E-state index >= 15 is 0 Å². The lowest BCUT2D eigenvalue weighted by Crippen LogP contribution is -2.51. The average molecular weight is 417 g/mol. The third-order valence-electron chi connectivity index (χ3n) is 4.92. The summed E-state index contributed by atoms with van der Waals surface area (Å²) in [6.07, 6.45) is 0. The molecule has 1 aliphatic heterocycles. The summed E-state index contributed by atoms with van der Waals surface area (Å²) in [4.78, 5) is 38.9. The highest BCUT2D eigenvalue weighted by molar-refractivity contribution is 6.31. The lowest BCUT2D eigenvalue weighted by molar-refractivity contribution is -0.385. The van der Waals surface area contributed by atoms with Crippen LogP contribution in [-0.4, -0.2) is 52.8 Å². The lowest BCUT2D eigenvalue weighted by Gasteiger charge is -2.34. The highest BCUT2D eigenvalue weighted by atomic mass is 35.5. The maximum atomic E-state index is 12.7. The van der Waals surface area contributed by atoms with Gasteiger partial charge >= 0.3 is 6.03 Å². The first-order valence-electron chi connectivity index (χ1n) is 9.12. The molecular formula is C20H21ClN4O4. The number of nitro benzene ring substituents is 1. The van der Waals surface area contributed by atoms with Crippen LogP contribution >= 0.6 is 11.6 Å². The minimum absolute atomic E-state index is 0.0146. The van der Waals surface area contributed by atoms with Crippen LogP contribution in [0.1, 0.15) is 21.5 Å². The highest BCUT2D eigenvalue weighted by Gasteiger charge is 2.25. The van der Waals surface area contributed by atoms with Gasteiger partial charge in [-0.25, -0.2) is 4.79 Å². The van der Waals surface area contributed by atoms with E-state index in [1.54, 1.807) is 28.9 Å². The van der Waals surface area contributed by atoms with Crippen molar-refractivity contribution in [3.05, 3.63) is 68.2 Å². The lowest BCUT2D eigenvalue weighted by atomic mass is 10.1. The summed E-state index contributed by atoms with van der Waals surface area (Å²) in [7, 11) is 0. The minimum atomic E-state index is -0.470. The number of amides is 3. The number of aryl methyl sites for hydroxylation is 2. The zero-order chi connectivity index (χ0) is 21.1. The van der Waals surface area contributed by atoms with E-state index in [4.69, 9.17) is 11.6 Å². The first-order chi connectivity index (χ1) is 13.8. The smallest absolute Gasteiger partial charge is 0.321 e. The van der Waals surface area contributed by atoms with E-state index < -0.39 is 4.92 Å². The van der Waals surface area contributed by atoms with Crippen molar-refractivity contribution >= 4 is 34.9 Å². The third-order valence-corrected chi connectivity index (χ3v) is 5.32. The maximum Gasteiger partial charge on any atom is 0.321 e. The molecule has 0 aliphatic carbocycles. The van der Waals surface area contributed by atoms with Gasteiger partial charge in [0.1, 0.15) is 0 Å². The number of carbonyl (C=O) groups is 2. The van der Waals surface area contributed by atoms with Gasteiger partial charge in [-0.2, -0.15) is 0 Å². The molecule has 1 fully saturated rings. The second kappa shape index (κ2) is 8.48. The van der Waals surface area contributed by atoms with E-state index in [0.717, 1.165) is 5.56 Å². The predicted octanol–water partition coefficient (Wildman–Crippen LogP) is 3.85. The Hall–Kier alpha value is -3.13. The van der Waals surface area contributed by atoms with Gasteiger partial charge in [0.15, 0.2) is 0 Å². The summed E-state index contributed by atoms with van der Waals surface area (Å²) in [5.74, 6) is -0.201. The zero-order valence-corrected chi connectivity index (χ0v) is 16.9. The van der Waals surface area contributed by atoms with Gasteiger partial charge in [0, 0.05) is 54.1 Å². The van der Waals surface area contributed by atoms with Gasteiger partial charge in [-0.05, 0) is 43.7 Å². The van der Waals surface area contributed by atoms with E-state index in [9.17, 15) is 19.7 Å². The predicted molar refractivity (Wildman–Crippen MR) is 111 cm³/mol. The molecule has 152 valence electrons. The van der Waals surface area contributed by atoms with Gasteiger partial charge in [0.25, 0.3) is 11.6 Å². The van der Waals surface area contributed by atoms with E-state index in [1.807, 2.05) is 13.0 Å². The molecule has 0 aromatic heterocycles. The summed E-state index contributed by atoms with van der Waals surface area (Å²) in [6, 6.07) is 9.42. The molecule has 0 atom stereocenters. The van der Waals surface area contributed by atoms with Crippen LogP contribution in [0.2, 0.25) is 5.02 Å². The molecule has 1 heterocycles. The number of nitrogens with one attached hydrogen (secondary N) is 1. The molecule has 9 heteroatoms. The minimum Gasteiger partial charge on any atom is -0.335 e. The van der Waals surface area contributed by atoms with Crippen molar-refractivity contribution in [2.24, 2.45) is 0 Å². The highest BCUT2D eigenvalue weighted by Crippen LogP contribution is 2.22. The standard InChI is InChI=1S/C20H21ClN4O4/c1-13-3-5-16(12-17(13)21)22-20(27)24-9-7-23(8-10-24)19(26)15-4-6-18(25(28)29)14(2)11-15/h3-6,11-12H,7-10H2,1-2H3,(H,22,27). The number of hydrogen-bond acceptors (Lipinski definition) is 4. The van der Waals surface area contributed by atoms with Crippen LogP contribution in [0.3, 0.4) is 0 Å². The molecule has 3 amide bonds. The van der Waals surface area contributed by atoms with Crippen molar-refractivity contribution in [1.82, 2.24) is 9.80 Å². The number of nitrogens with zero attached hydrogens (tertiary/aromatic N) is 3. The van der Waals surface area contributed by atoms with Crippen molar-refractivity contribution in [3.8, 4) is 0 Å². The topological polar surface area (TPSA) is 95.8 Å². The second-order valence-electron chi connectivity index (χ2n) is 6.93. The quantitative estimate of drug-likeness (QED) is 0.607. The van der Waals surface area contributed by atoms with Crippen molar-refractivity contribution < 1.29 is 14.5 Å². The molecule has 8 nitrogen and oxygen atoms in total. The second-order valence-corrected chi connectivity index (χ2v) is 7.34. The molecule has 0 radical (unpaired) electrons. The summed E-state index contributed by atoms with van der Waals surface area (Å²) in [6.45, 7) is 5.05. The van der Waals surface area contributed by atoms with Crippen molar-refractivity contribution in [3.63, 3.8) is 0 Å². The molecule has 1 N–H and O–H groups in total. The number of urea groups is 1. The molecule has 29 heavy (non-hydrogen) atoms. The number of nitro groups is 1. The molecule has 1 aliphatic rings. The van der Waals surface area contributed by atoms with E-state index in [2.05, 4.69) is 5.32 Å². The monoisotopic (exact) mass is 416 g/mol. The van der Waals surface area contributed by atoms with Gasteiger partial charge in [-0.1, -0.05) is 17.7 Å². The fourth-order valence-corrected chi connectivity index (χ4v) is 3.34. The molecule has 0 spiro atoms.